The number of benzene rings is 1. The minimum absolute atomic E-state index is 0.141. The van der Waals surface area contributed by atoms with Crippen LogP contribution in [0.15, 0.2) is 34.1 Å². The molecule has 0 fully saturated rings. The number of thiophene rings is 1. The SMILES string of the molecule is CCn1nc(C)c(Br)c1CC(=O)c1csc2ccccc12. The van der Waals surface area contributed by atoms with E-state index in [9.17, 15) is 4.79 Å². The maximum atomic E-state index is 12.7. The highest BCUT2D eigenvalue weighted by Gasteiger charge is 2.18. The highest BCUT2D eigenvalue weighted by atomic mass is 79.9. The molecule has 0 amide bonds. The molecule has 0 aliphatic carbocycles. The average Bonchev–Trinajstić information content (AvgIpc) is 3.03. The van der Waals surface area contributed by atoms with Gasteiger partial charge >= 0.3 is 0 Å². The molecule has 0 saturated heterocycles. The van der Waals surface area contributed by atoms with Gasteiger partial charge in [-0.25, -0.2) is 0 Å². The van der Waals surface area contributed by atoms with Crippen LogP contribution in [0, 0.1) is 6.92 Å². The third-order valence-electron chi connectivity index (χ3n) is 3.56. The number of Topliss-reactive ketones (excluding diaryl/α,β-unsaturated/α-hetero) is 1. The summed E-state index contributed by atoms with van der Waals surface area (Å²) in [5.41, 5.74) is 2.69. The summed E-state index contributed by atoms with van der Waals surface area (Å²) in [5, 5.41) is 7.45. The molecule has 0 atom stereocenters. The quantitative estimate of drug-likeness (QED) is 0.635. The van der Waals surface area contributed by atoms with E-state index in [0.717, 1.165) is 38.1 Å². The Balaban J connectivity index is 1.97. The molecule has 3 rings (SSSR count). The van der Waals surface area contributed by atoms with Crippen molar-refractivity contribution in [2.24, 2.45) is 0 Å². The van der Waals surface area contributed by atoms with Crippen molar-refractivity contribution in [1.82, 2.24) is 9.78 Å². The van der Waals surface area contributed by atoms with Crippen LogP contribution < -0.4 is 0 Å². The van der Waals surface area contributed by atoms with Crippen molar-refractivity contribution in [3.63, 3.8) is 0 Å². The number of halogens is 1. The average molecular weight is 363 g/mol. The van der Waals surface area contributed by atoms with Gasteiger partial charge in [0.1, 0.15) is 0 Å². The van der Waals surface area contributed by atoms with Crippen LogP contribution in [0.5, 0.6) is 0 Å². The Morgan fingerprint density at radius 2 is 2.14 bits per heavy atom. The minimum atomic E-state index is 0.141. The predicted molar refractivity (Wildman–Crippen MR) is 90.2 cm³/mol. The van der Waals surface area contributed by atoms with Gasteiger partial charge in [-0.1, -0.05) is 18.2 Å². The van der Waals surface area contributed by atoms with Gasteiger partial charge in [0.05, 0.1) is 22.3 Å². The molecule has 0 aliphatic rings. The van der Waals surface area contributed by atoms with Gasteiger partial charge in [-0.15, -0.1) is 11.3 Å². The van der Waals surface area contributed by atoms with Crippen LogP contribution in [-0.4, -0.2) is 15.6 Å². The van der Waals surface area contributed by atoms with E-state index in [1.165, 1.54) is 0 Å². The largest absolute Gasteiger partial charge is 0.294 e. The molecule has 3 nitrogen and oxygen atoms in total. The molecule has 0 spiro atoms. The van der Waals surface area contributed by atoms with Gasteiger partial charge in [0.2, 0.25) is 0 Å². The zero-order valence-electron chi connectivity index (χ0n) is 11.9. The molecule has 0 aliphatic heterocycles. The molecule has 5 heteroatoms. The molecule has 0 bridgehead atoms. The first-order chi connectivity index (χ1) is 10.1. The second kappa shape index (κ2) is 5.73. The summed E-state index contributed by atoms with van der Waals surface area (Å²) in [7, 11) is 0. The summed E-state index contributed by atoms with van der Waals surface area (Å²) in [6, 6.07) is 8.03. The fourth-order valence-corrected chi connectivity index (χ4v) is 3.87. The maximum absolute atomic E-state index is 12.7. The number of hydrogen-bond acceptors (Lipinski definition) is 3. The smallest absolute Gasteiger partial charge is 0.170 e. The summed E-state index contributed by atoms with van der Waals surface area (Å²) in [5.74, 6) is 0.141. The lowest BCUT2D eigenvalue weighted by atomic mass is 10.1. The maximum Gasteiger partial charge on any atom is 0.170 e. The van der Waals surface area contributed by atoms with E-state index in [4.69, 9.17) is 0 Å². The molecule has 0 saturated carbocycles. The van der Waals surface area contributed by atoms with Gasteiger partial charge in [0, 0.05) is 27.6 Å². The molecular weight excluding hydrogens is 348 g/mol. The first-order valence-electron chi connectivity index (χ1n) is 6.83. The topological polar surface area (TPSA) is 34.9 Å². The number of carbonyl (C=O) groups excluding carboxylic acids is 1. The van der Waals surface area contributed by atoms with Crippen molar-refractivity contribution >= 4 is 43.1 Å². The Hall–Kier alpha value is -1.46. The van der Waals surface area contributed by atoms with E-state index in [1.807, 2.05) is 48.2 Å². The number of nitrogens with zero attached hydrogens (tertiary/aromatic N) is 2. The number of rotatable bonds is 4. The molecule has 0 unspecified atom stereocenters. The number of aryl methyl sites for hydroxylation is 2. The molecular formula is C16H15BrN2OS. The van der Waals surface area contributed by atoms with Gasteiger partial charge in [0.15, 0.2) is 5.78 Å². The molecule has 3 aromatic rings. The predicted octanol–water partition coefficient (Wildman–Crippen LogP) is 4.61. The van der Waals surface area contributed by atoms with E-state index >= 15 is 0 Å². The third-order valence-corrected chi connectivity index (χ3v) is 5.56. The number of ketones is 1. The Morgan fingerprint density at radius 3 is 2.90 bits per heavy atom. The standard InChI is InChI=1S/C16H15BrN2OS/c1-3-19-13(16(17)10(2)18-19)8-14(20)12-9-21-15-7-5-4-6-11(12)15/h4-7,9H,3,8H2,1-2H3. The van der Waals surface area contributed by atoms with Crippen LogP contribution in [0.3, 0.4) is 0 Å². The lowest BCUT2D eigenvalue weighted by molar-refractivity contribution is 0.0992. The van der Waals surface area contributed by atoms with Crippen molar-refractivity contribution in [2.45, 2.75) is 26.8 Å². The van der Waals surface area contributed by atoms with Gasteiger partial charge in [-0.05, 0) is 35.8 Å². The van der Waals surface area contributed by atoms with Gasteiger partial charge in [0.25, 0.3) is 0 Å². The lowest BCUT2D eigenvalue weighted by Gasteiger charge is -2.04. The Bertz CT molecular complexity index is 819. The van der Waals surface area contributed by atoms with E-state index in [-0.39, 0.29) is 5.78 Å². The molecule has 108 valence electrons. The number of hydrogen-bond donors (Lipinski definition) is 0. The molecule has 2 aromatic heterocycles. The first kappa shape index (κ1) is 14.5. The summed E-state index contributed by atoms with van der Waals surface area (Å²) < 4.78 is 3.99. The molecule has 1 aromatic carbocycles. The zero-order chi connectivity index (χ0) is 15.0. The highest BCUT2D eigenvalue weighted by Crippen LogP contribution is 2.28. The summed E-state index contributed by atoms with van der Waals surface area (Å²) >= 11 is 5.17. The van der Waals surface area contributed by atoms with Crippen molar-refractivity contribution in [3.8, 4) is 0 Å². The molecule has 0 N–H and O–H groups in total. The zero-order valence-corrected chi connectivity index (χ0v) is 14.3. The minimum Gasteiger partial charge on any atom is -0.294 e. The van der Waals surface area contributed by atoms with E-state index in [1.54, 1.807) is 11.3 Å². The van der Waals surface area contributed by atoms with Gasteiger partial charge < -0.3 is 0 Å². The van der Waals surface area contributed by atoms with Crippen LogP contribution in [-0.2, 0) is 13.0 Å². The molecule has 21 heavy (non-hydrogen) atoms. The summed E-state index contributed by atoms with van der Waals surface area (Å²) in [6.45, 7) is 4.75. The van der Waals surface area contributed by atoms with Crippen LogP contribution in [0.1, 0.15) is 28.7 Å². The van der Waals surface area contributed by atoms with Crippen molar-refractivity contribution in [3.05, 3.63) is 51.1 Å². The molecule has 2 heterocycles. The van der Waals surface area contributed by atoms with Crippen LogP contribution in [0.25, 0.3) is 10.1 Å². The van der Waals surface area contributed by atoms with Gasteiger partial charge in [-0.2, -0.15) is 5.10 Å². The number of carbonyl (C=O) groups is 1. The third kappa shape index (κ3) is 2.56. The summed E-state index contributed by atoms with van der Waals surface area (Å²) in [4.78, 5) is 12.7. The second-order valence-electron chi connectivity index (χ2n) is 4.91. The monoisotopic (exact) mass is 362 g/mol. The van der Waals surface area contributed by atoms with Crippen LogP contribution >= 0.6 is 27.3 Å². The van der Waals surface area contributed by atoms with Crippen molar-refractivity contribution < 1.29 is 4.79 Å². The van der Waals surface area contributed by atoms with Crippen molar-refractivity contribution in [2.75, 3.05) is 0 Å². The fourth-order valence-electron chi connectivity index (χ4n) is 2.48. The van der Waals surface area contributed by atoms with Crippen LogP contribution in [0.2, 0.25) is 0 Å². The number of fused-ring (bicyclic) bond motifs is 1. The molecule has 0 radical (unpaired) electrons. The van der Waals surface area contributed by atoms with Crippen LogP contribution in [0.4, 0.5) is 0 Å². The Kier molecular flexibility index (Phi) is 3.95. The highest BCUT2D eigenvalue weighted by molar-refractivity contribution is 9.10. The van der Waals surface area contributed by atoms with Crippen molar-refractivity contribution in [1.29, 1.82) is 0 Å². The lowest BCUT2D eigenvalue weighted by Crippen LogP contribution is -2.09. The van der Waals surface area contributed by atoms with E-state index < -0.39 is 0 Å². The summed E-state index contributed by atoms with van der Waals surface area (Å²) in [6.07, 6.45) is 0.371. The Labute approximate surface area is 135 Å². The first-order valence-corrected chi connectivity index (χ1v) is 8.50. The van der Waals surface area contributed by atoms with E-state index in [2.05, 4.69) is 21.0 Å². The Morgan fingerprint density at radius 1 is 1.38 bits per heavy atom. The number of aromatic nitrogens is 2. The fraction of sp³-hybridized carbons (Fsp3) is 0.250. The van der Waals surface area contributed by atoms with Gasteiger partial charge in [-0.3, -0.25) is 9.48 Å². The second-order valence-corrected chi connectivity index (χ2v) is 6.61. The van der Waals surface area contributed by atoms with E-state index in [0.29, 0.717) is 6.42 Å². The normalized spacial score (nSPS) is 11.2.